The van der Waals surface area contributed by atoms with Crippen LogP contribution in [0.2, 0.25) is 0 Å². The molecule has 0 aromatic carbocycles. The van der Waals surface area contributed by atoms with Gasteiger partial charge in [0, 0.05) is 25.2 Å². The molecular formula is C16H28N4O. The van der Waals surface area contributed by atoms with Crippen molar-refractivity contribution in [1.82, 2.24) is 19.4 Å². The summed E-state index contributed by atoms with van der Waals surface area (Å²) in [6.07, 6.45) is 4.87. The van der Waals surface area contributed by atoms with Crippen LogP contribution >= 0.6 is 0 Å². The fourth-order valence-electron chi connectivity index (χ4n) is 3.02. The molecule has 118 valence electrons. The number of hydrogen-bond donors (Lipinski definition) is 0. The smallest absolute Gasteiger partial charge is 0.225 e. The van der Waals surface area contributed by atoms with Gasteiger partial charge in [0.05, 0.1) is 24.6 Å². The van der Waals surface area contributed by atoms with Crippen LogP contribution < -0.4 is 0 Å². The molecule has 0 radical (unpaired) electrons. The first-order valence-electron chi connectivity index (χ1n) is 8.08. The van der Waals surface area contributed by atoms with Gasteiger partial charge >= 0.3 is 0 Å². The molecule has 1 unspecified atom stereocenters. The molecule has 5 nitrogen and oxygen atoms in total. The molecule has 1 aliphatic rings. The second kappa shape index (κ2) is 7.07. The summed E-state index contributed by atoms with van der Waals surface area (Å²) in [5.74, 6) is 0.304. The molecule has 0 bridgehead atoms. The van der Waals surface area contributed by atoms with Gasteiger partial charge in [0.15, 0.2) is 0 Å². The van der Waals surface area contributed by atoms with E-state index >= 15 is 0 Å². The number of rotatable bonds is 6. The summed E-state index contributed by atoms with van der Waals surface area (Å²) in [7, 11) is 0. The van der Waals surface area contributed by atoms with Gasteiger partial charge in [-0.05, 0) is 19.5 Å². The summed E-state index contributed by atoms with van der Waals surface area (Å²) in [6.45, 7) is 13.1. The average Bonchev–Trinajstić information content (AvgIpc) is 2.95. The second-order valence-electron chi connectivity index (χ2n) is 6.14. The van der Waals surface area contributed by atoms with Crippen LogP contribution in [0.1, 0.15) is 45.9 Å². The van der Waals surface area contributed by atoms with E-state index in [-0.39, 0.29) is 11.8 Å². The molecule has 1 aromatic rings. The molecule has 0 fully saturated rings. The normalized spacial score (nSPS) is 18.4. The Morgan fingerprint density at radius 1 is 1.43 bits per heavy atom. The lowest BCUT2D eigenvalue weighted by atomic mass is 10.1. The molecule has 2 rings (SSSR count). The lowest BCUT2D eigenvalue weighted by molar-refractivity contribution is -0.136. The van der Waals surface area contributed by atoms with Crippen LogP contribution in [0.4, 0.5) is 0 Å². The molecule has 0 N–H and O–H groups in total. The molecule has 0 saturated heterocycles. The number of amides is 1. The van der Waals surface area contributed by atoms with Crippen molar-refractivity contribution in [1.29, 1.82) is 0 Å². The van der Waals surface area contributed by atoms with Crippen LogP contribution in [-0.2, 0) is 11.3 Å². The van der Waals surface area contributed by atoms with Crippen molar-refractivity contribution in [2.45, 2.75) is 46.7 Å². The van der Waals surface area contributed by atoms with Crippen LogP contribution in [0.25, 0.3) is 0 Å². The minimum atomic E-state index is 0.0582. The Bertz CT molecular complexity index is 465. The maximum Gasteiger partial charge on any atom is 0.225 e. The first-order chi connectivity index (χ1) is 10.1. The van der Waals surface area contributed by atoms with Gasteiger partial charge in [-0.25, -0.2) is 4.98 Å². The van der Waals surface area contributed by atoms with E-state index in [0.717, 1.165) is 38.3 Å². The quantitative estimate of drug-likeness (QED) is 0.807. The first kappa shape index (κ1) is 16.0. The van der Waals surface area contributed by atoms with E-state index in [4.69, 9.17) is 0 Å². The van der Waals surface area contributed by atoms with Crippen LogP contribution in [0.3, 0.4) is 0 Å². The van der Waals surface area contributed by atoms with Crippen molar-refractivity contribution in [3.63, 3.8) is 0 Å². The van der Waals surface area contributed by atoms with Gasteiger partial charge in [-0.1, -0.05) is 27.7 Å². The Morgan fingerprint density at radius 2 is 2.14 bits per heavy atom. The van der Waals surface area contributed by atoms with Gasteiger partial charge in [-0.3, -0.25) is 4.79 Å². The molecule has 1 aromatic heterocycles. The van der Waals surface area contributed by atoms with Crippen LogP contribution in [0, 0.1) is 5.92 Å². The molecule has 1 atom stereocenters. The maximum absolute atomic E-state index is 12.3. The molecule has 2 heterocycles. The van der Waals surface area contributed by atoms with E-state index in [2.05, 4.69) is 28.3 Å². The SMILES string of the molecule is CCN(CC)CCC1CN(C(=O)C(C)C)Cc2cncn21. The van der Waals surface area contributed by atoms with Gasteiger partial charge in [0.2, 0.25) is 5.91 Å². The molecule has 21 heavy (non-hydrogen) atoms. The number of fused-ring (bicyclic) bond motifs is 1. The zero-order valence-corrected chi connectivity index (χ0v) is 13.7. The Balaban J connectivity index is 2.08. The summed E-state index contributed by atoms with van der Waals surface area (Å²) in [4.78, 5) is 21.0. The van der Waals surface area contributed by atoms with Crippen molar-refractivity contribution >= 4 is 5.91 Å². The van der Waals surface area contributed by atoms with Gasteiger partial charge in [-0.2, -0.15) is 0 Å². The average molecular weight is 292 g/mol. The molecule has 5 heteroatoms. The predicted octanol–water partition coefficient (Wildman–Crippen LogP) is 2.15. The summed E-state index contributed by atoms with van der Waals surface area (Å²) in [5.41, 5.74) is 1.15. The summed E-state index contributed by atoms with van der Waals surface area (Å²) in [5, 5.41) is 0. The van der Waals surface area contributed by atoms with Crippen LogP contribution in [0.15, 0.2) is 12.5 Å². The van der Waals surface area contributed by atoms with Crippen LogP contribution in [-0.4, -0.2) is 51.4 Å². The monoisotopic (exact) mass is 292 g/mol. The van der Waals surface area contributed by atoms with Gasteiger partial charge < -0.3 is 14.4 Å². The zero-order valence-electron chi connectivity index (χ0n) is 13.7. The first-order valence-corrected chi connectivity index (χ1v) is 8.08. The van der Waals surface area contributed by atoms with E-state index in [9.17, 15) is 4.79 Å². The van der Waals surface area contributed by atoms with E-state index in [1.54, 1.807) is 0 Å². The van der Waals surface area contributed by atoms with E-state index in [1.165, 1.54) is 0 Å². The van der Waals surface area contributed by atoms with Gasteiger partial charge in [-0.15, -0.1) is 0 Å². The highest BCUT2D eigenvalue weighted by Gasteiger charge is 2.28. The summed E-state index contributed by atoms with van der Waals surface area (Å²) < 4.78 is 2.26. The van der Waals surface area contributed by atoms with Crippen LogP contribution in [0.5, 0.6) is 0 Å². The zero-order chi connectivity index (χ0) is 15.4. The van der Waals surface area contributed by atoms with E-state index in [0.29, 0.717) is 12.6 Å². The fraction of sp³-hybridized carbons (Fsp3) is 0.750. The highest BCUT2D eigenvalue weighted by Crippen LogP contribution is 2.25. The Labute approximate surface area is 127 Å². The minimum absolute atomic E-state index is 0.0582. The third-order valence-electron chi connectivity index (χ3n) is 4.40. The third-order valence-corrected chi connectivity index (χ3v) is 4.40. The molecule has 1 amide bonds. The number of imidazole rings is 1. The number of carbonyl (C=O) groups is 1. The highest BCUT2D eigenvalue weighted by molar-refractivity contribution is 5.78. The van der Waals surface area contributed by atoms with Crippen molar-refractivity contribution in [3.8, 4) is 0 Å². The van der Waals surface area contributed by atoms with E-state index < -0.39 is 0 Å². The standard InChI is InChI=1S/C16H28N4O/c1-5-18(6-2)8-7-14-10-19(16(21)13(3)4)11-15-9-17-12-20(14)15/h9,12-14H,5-8,10-11H2,1-4H3. The highest BCUT2D eigenvalue weighted by atomic mass is 16.2. The largest absolute Gasteiger partial charge is 0.335 e. The molecule has 1 aliphatic heterocycles. The molecule has 0 spiro atoms. The third kappa shape index (κ3) is 3.64. The molecular weight excluding hydrogens is 264 g/mol. The number of carbonyl (C=O) groups excluding carboxylic acids is 1. The van der Waals surface area contributed by atoms with Crippen molar-refractivity contribution in [2.24, 2.45) is 5.92 Å². The number of hydrogen-bond acceptors (Lipinski definition) is 3. The Kier molecular flexibility index (Phi) is 5.39. The molecule has 0 saturated carbocycles. The lowest BCUT2D eigenvalue weighted by Gasteiger charge is -2.36. The number of nitrogens with zero attached hydrogens (tertiary/aromatic N) is 4. The molecule has 0 aliphatic carbocycles. The minimum Gasteiger partial charge on any atom is -0.335 e. The van der Waals surface area contributed by atoms with Gasteiger partial charge in [0.25, 0.3) is 0 Å². The fourth-order valence-corrected chi connectivity index (χ4v) is 3.02. The Morgan fingerprint density at radius 3 is 2.76 bits per heavy atom. The summed E-state index contributed by atoms with van der Waals surface area (Å²) in [6, 6.07) is 0.347. The van der Waals surface area contributed by atoms with Crippen molar-refractivity contribution < 1.29 is 4.79 Å². The summed E-state index contributed by atoms with van der Waals surface area (Å²) >= 11 is 0. The van der Waals surface area contributed by atoms with Gasteiger partial charge in [0.1, 0.15) is 0 Å². The maximum atomic E-state index is 12.3. The van der Waals surface area contributed by atoms with Crippen molar-refractivity contribution in [3.05, 3.63) is 18.2 Å². The topological polar surface area (TPSA) is 41.4 Å². The number of aromatic nitrogens is 2. The lowest BCUT2D eigenvalue weighted by Crippen LogP contribution is -2.43. The predicted molar refractivity (Wildman–Crippen MR) is 83.9 cm³/mol. The second-order valence-corrected chi connectivity index (χ2v) is 6.14. The Hall–Kier alpha value is -1.36. The van der Waals surface area contributed by atoms with Crippen molar-refractivity contribution in [2.75, 3.05) is 26.2 Å². The van der Waals surface area contributed by atoms with E-state index in [1.807, 2.05) is 31.3 Å².